The van der Waals surface area contributed by atoms with Crippen LogP contribution in [0.15, 0.2) is 42.7 Å². The van der Waals surface area contributed by atoms with Gasteiger partial charge < -0.3 is 15.2 Å². The van der Waals surface area contributed by atoms with Gasteiger partial charge in [-0.2, -0.15) is 0 Å². The van der Waals surface area contributed by atoms with Gasteiger partial charge in [0.15, 0.2) is 0 Å². The molecule has 102 valence electrons. The maximum Gasteiger partial charge on any atom is 0.337 e. The Balaban J connectivity index is 2.23. The highest BCUT2D eigenvalue weighted by molar-refractivity contribution is 6.06. The monoisotopic (exact) mass is 272 g/mol. The van der Waals surface area contributed by atoms with Crippen molar-refractivity contribution in [2.45, 2.75) is 0 Å². The molecule has 1 aromatic heterocycles. The molecule has 2 aromatic rings. The van der Waals surface area contributed by atoms with Crippen LogP contribution in [-0.4, -0.2) is 29.1 Å². The number of rotatable bonds is 4. The number of benzene rings is 1. The van der Waals surface area contributed by atoms with E-state index in [4.69, 9.17) is 9.84 Å². The van der Waals surface area contributed by atoms with Crippen LogP contribution in [-0.2, 0) is 0 Å². The van der Waals surface area contributed by atoms with Gasteiger partial charge >= 0.3 is 5.97 Å². The summed E-state index contributed by atoms with van der Waals surface area (Å²) in [7, 11) is 1.47. The van der Waals surface area contributed by atoms with Crippen molar-refractivity contribution in [3.63, 3.8) is 0 Å². The van der Waals surface area contributed by atoms with Crippen LogP contribution in [0.4, 0.5) is 5.69 Å². The minimum atomic E-state index is -1.11. The van der Waals surface area contributed by atoms with E-state index in [-0.39, 0.29) is 5.56 Å². The number of amides is 1. The molecule has 0 bridgehead atoms. The summed E-state index contributed by atoms with van der Waals surface area (Å²) >= 11 is 0. The van der Waals surface area contributed by atoms with Gasteiger partial charge in [-0.1, -0.05) is 12.1 Å². The molecule has 0 aliphatic carbocycles. The lowest BCUT2D eigenvalue weighted by Crippen LogP contribution is -2.13. The molecule has 1 aromatic carbocycles. The number of methoxy groups -OCH3 is 1. The fourth-order valence-corrected chi connectivity index (χ4v) is 1.66. The topological polar surface area (TPSA) is 88.5 Å². The van der Waals surface area contributed by atoms with Gasteiger partial charge in [-0.25, -0.2) is 4.79 Å². The fourth-order valence-electron chi connectivity index (χ4n) is 1.66. The second kappa shape index (κ2) is 5.83. The number of anilines is 1. The van der Waals surface area contributed by atoms with Gasteiger partial charge in [0.05, 0.1) is 30.1 Å². The molecule has 0 spiro atoms. The second-order valence-corrected chi connectivity index (χ2v) is 3.92. The Kier molecular flexibility index (Phi) is 3.95. The molecule has 6 nitrogen and oxygen atoms in total. The van der Waals surface area contributed by atoms with E-state index in [0.717, 1.165) is 0 Å². The summed E-state index contributed by atoms with van der Waals surface area (Å²) in [5.41, 5.74) is 0.666. The van der Waals surface area contributed by atoms with E-state index in [1.165, 1.54) is 25.6 Å². The van der Waals surface area contributed by atoms with Crippen LogP contribution in [0.5, 0.6) is 5.75 Å². The van der Waals surface area contributed by atoms with Gasteiger partial charge in [0.25, 0.3) is 5.91 Å². The van der Waals surface area contributed by atoms with Gasteiger partial charge in [-0.05, 0) is 18.2 Å². The standard InChI is InChI=1S/C14H12N2O4/c1-20-12-5-3-2-4-11(12)13(17)16-10-6-9(14(18)19)7-15-8-10/h2-8H,1H3,(H,16,17)(H,18,19). The quantitative estimate of drug-likeness (QED) is 0.889. The summed E-state index contributed by atoms with van der Waals surface area (Å²) in [6.07, 6.45) is 2.58. The van der Waals surface area contributed by atoms with Crippen molar-refractivity contribution in [1.29, 1.82) is 0 Å². The van der Waals surface area contributed by atoms with Gasteiger partial charge in [0.2, 0.25) is 0 Å². The van der Waals surface area contributed by atoms with Crippen LogP contribution in [0.3, 0.4) is 0 Å². The van der Waals surface area contributed by atoms with Gasteiger partial charge in [0, 0.05) is 6.20 Å². The third-order valence-corrected chi connectivity index (χ3v) is 2.59. The largest absolute Gasteiger partial charge is 0.496 e. The molecule has 0 fully saturated rings. The Morgan fingerprint density at radius 3 is 2.70 bits per heavy atom. The molecular formula is C14H12N2O4. The fraction of sp³-hybridized carbons (Fsp3) is 0.0714. The summed E-state index contributed by atoms with van der Waals surface area (Å²) in [5, 5.41) is 11.5. The number of nitrogens with zero attached hydrogens (tertiary/aromatic N) is 1. The predicted octanol–water partition coefficient (Wildman–Crippen LogP) is 2.04. The molecule has 0 aliphatic rings. The van der Waals surface area contributed by atoms with Crippen LogP contribution < -0.4 is 10.1 Å². The molecule has 0 unspecified atom stereocenters. The first kappa shape index (κ1) is 13.5. The first-order valence-corrected chi connectivity index (χ1v) is 5.74. The first-order valence-electron chi connectivity index (χ1n) is 5.74. The highest BCUT2D eigenvalue weighted by Gasteiger charge is 2.12. The molecule has 0 saturated heterocycles. The van der Waals surface area contributed by atoms with Gasteiger partial charge in [-0.15, -0.1) is 0 Å². The van der Waals surface area contributed by atoms with Crippen LogP contribution in [0, 0.1) is 0 Å². The number of aromatic nitrogens is 1. The Labute approximate surface area is 115 Å². The molecule has 20 heavy (non-hydrogen) atoms. The number of hydrogen-bond acceptors (Lipinski definition) is 4. The number of ether oxygens (including phenoxy) is 1. The van der Waals surface area contributed by atoms with Crippen molar-refractivity contribution in [2.24, 2.45) is 0 Å². The van der Waals surface area contributed by atoms with Crippen LogP contribution in [0.2, 0.25) is 0 Å². The number of pyridine rings is 1. The van der Waals surface area contributed by atoms with E-state index in [1.807, 2.05) is 0 Å². The SMILES string of the molecule is COc1ccccc1C(=O)Nc1cncc(C(=O)O)c1. The molecule has 1 heterocycles. The summed E-state index contributed by atoms with van der Waals surface area (Å²) in [4.78, 5) is 26.7. The van der Waals surface area contributed by atoms with Crippen molar-refractivity contribution >= 4 is 17.6 Å². The Morgan fingerprint density at radius 1 is 1.25 bits per heavy atom. The van der Waals surface area contributed by atoms with Crippen LogP contribution >= 0.6 is 0 Å². The average molecular weight is 272 g/mol. The summed E-state index contributed by atoms with van der Waals surface area (Å²) < 4.78 is 5.10. The normalized spacial score (nSPS) is 9.85. The van der Waals surface area contributed by atoms with Crippen molar-refractivity contribution in [1.82, 2.24) is 4.98 Å². The maximum absolute atomic E-state index is 12.1. The Hall–Kier alpha value is -2.89. The van der Waals surface area contributed by atoms with Crippen molar-refractivity contribution < 1.29 is 19.4 Å². The van der Waals surface area contributed by atoms with E-state index in [1.54, 1.807) is 24.3 Å². The smallest absolute Gasteiger partial charge is 0.337 e. The number of nitrogens with one attached hydrogen (secondary N) is 1. The minimum absolute atomic E-state index is 0.00262. The van der Waals surface area contributed by atoms with E-state index >= 15 is 0 Å². The predicted molar refractivity (Wildman–Crippen MR) is 72.1 cm³/mol. The number of carbonyl (C=O) groups excluding carboxylic acids is 1. The van der Waals surface area contributed by atoms with E-state index in [2.05, 4.69) is 10.3 Å². The van der Waals surface area contributed by atoms with Crippen LogP contribution in [0.1, 0.15) is 20.7 Å². The number of carboxylic acids is 1. The van der Waals surface area contributed by atoms with E-state index in [9.17, 15) is 9.59 Å². The van der Waals surface area contributed by atoms with Gasteiger partial charge in [-0.3, -0.25) is 9.78 Å². The Bertz CT molecular complexity index is 655. The minimum Gasteiger partial charge on any atom is -0.496 e. The van der Waals surface area contributed by atoms with Crippen molar-refractivity contribution in [3.05, 3.63) is 53.9 Å². The zero-order valence-electron chi connectivity index (χ0n) is 10.7. The van der Waals surface area contributed by atoms with Crippen molar-refractivity contribution in [2.75, 3.05) is 12.4 Å². The number of para-hydroxylation sites is 1. The average Bonchev–Trinajstić information content (AvgIpc) is 2.47. The lowest BCUT2D eigenvalue weighted by molar-refractivity contribution is 0.0696. The number of carbonyl (C=O) groups is 2. The molecule has 0 atom stereocenters. The number of carboxylic acid groups (broad SMARTS) is 1. The number of aromatic carboxylic acids is 1. The lowest BCUT2D eigenvalue weighted by Gasteiger charge is -2.09. The number of hydrogen-bond donors (Lipinski definition) is 2. The Morgan fingerprint density at radius 2 is 2.00 bits per heavy atom. The van der Waals surface area contributed by atoms with Crippen LogP contribution in [0.25, 0.3) is 0 Å². The first-order chi connectivity index (χ1) is 9.61. The molecule has 6 heteroatoms. The maximum atomic E-state index is 12.1. The molecule has 2 rings (SSSR count). The molecule has 1 amide bonds. The molecule has 0 aliphatic heterocycles. The summed E-state index contributed by atoms with van der Waals surface area (Å²) in [6, 6.07) is 8.08. The van der Waals surface area contributed by atoms with E-state index < -0.39 is 11.9 Å². The zero-order chi connectivity index (χ0) is 14.5. The molecule has 0 saturated carbocycles. The highest BCUT2D eigenvalue weighted by Crippen LogP contribution is 2.19. The zero-order valence-corrected chi connectivity index (χ0v) is 10.7. The third-order valence-electron chi connectivity index (χ3n) is 2.59. The lowest BCUT2D eigenvalue weighted by atomic mass is 10.2. The molecule has 2 N–H and O–H groups in total. The second-order valence-electron chi connectivity index (χ2n) is 3.92. The summed E-state index contributed by atoms with van der Waals surface area (Å²) in [5.74, 6) is -1.06. The highest BCUT2D eigenvalue weighted by atomic mass is 16.5. The third kappa shape index (κ3) is 2.92. The molecular weight excluding hydrogens is 260 g/mol. The van der Waals surface area contributed by atoms with Crippen molar-refractivity contribution in [3.8, 4) is 5.75 Å². The molecule has 0 radical (unpaired) electrons. The summed E-state index contributed by atoms with van der Waals surface area (Å²) in [6.45, 7) is 0. The van der Waals surface area contributed by atoms with Gasteiger partial charge in [0.1, 0.15) is 5.75 Å². The van der Waals surface area contributed by atoms with E-state index in [0.29, 0.717) is 17.0 Å².